The summed E-state index contributed by atoms with van der Waals surface area (Å²) >= 11 is 0. The van der Waals surface area contributed by atoms with Gasteiger partial charge in [0.15, 0.2) is 0 Å². The van der Waals surface area contributed by atoms with Gasteiger partial charge in [0.25, 0.3) is 0 Å². The van der Waals surface area contributed by atoms with Crippen LogP contribution in [-0.2, 0) is 0 Å². The average molecular weight is 411 g/mol. The molecule has 3 fully saturated rings. The van der Waals surface area contributed by atoms with Gasteiger partial charge in [0.05, 0.1) is 0 Å². The van der Waals surface area contributed by atoms with E-state index in [0.717, 1.165) is 23.7 Å². The van der Waals surface area contributed by atoms with E-state index in [1.165, 1.54) is 70.6 Å². The highest BCUT2D eigenvalue weighted by atomic mass is 14.6. The minimum Gasteiger partial charge on any atom is -0.0996 e. The zero-order valence-electron chi connectivity index (χ0n) is 21.4. The van der Waals surface area contributed by atoms with E-state index in [4.69, 9.17) is 0 Å². The summed E-state index contributed by atoms with van der Waals surface area (Å²) in [7, 11) is 0. The molecule has 0 amide bonds. The van der Waals surface area contributed by atoms with Crippen LogP contribution in [-0.4, -0.2) is 0 Å². The quantitative estimate of drug-likeness (QED) is 0.406. The van der Waals surface area contributed by atoms with Crippen molar-refractivity contribution < 1.29 is 0 Å². The van der Waals surface area contributed by atoms with Crippen molar-refractivity contribution in [3.8, 4) is 0 Å². The van der Waals surface area contributed by atoms with Crippen molar-refractivity contribution in [2.45, 2.75) is 119 Å². The van der Waals surface area contributed by atoms with Crippen molar-refractivity contribution in [2.24, 2.45) is 45.3 Å². The molecule has 0 aliphatic heterocycles. The number of fused-ring (bicyclic) bond motifs is 2. The SMILES string of the molecule is C=C1CC[C@H]2C(C)(C)CCC[C@]2(C)[C@H]1CC[C@H]1C(C)=CC[C@H]2C(C)(C)CCC[C@]12C. The van der Waals surface area contributed by atoms with Crippen molar-refractivity contribution in [3.63, 3.8) is 0 Å². The summed E-state index contributed by atoms with van der Waals surface area (Å²) in [5.74, 6) is 3.27. The van der Waals surface area contributed by atoms with Gasteiger partial charge in [-0.25, -0.2) is 0 Å². The van der Waals surface area contributed by atoms with Crippen molar-refractivity contribution in [2.75, 3.05) is 0 Å². The highest BCUT2D eigenvalue weighted by Gasteiger charge is 2.54. The third-order valence-electron chi connectivity index (χ3n) is 11.4. The second kappa shape index (κ2) is 7.52. The molecule has 0 heterocycles. The number of rotatable bonds is 3. The van der Waals surface area contributed by atoms with Gasteiger partial charge in [0.2, 0.25) is 0 Å². The Morgan fingerprint density at radius 3 is 1.97 bits per heavy atom. The van der Waals surface area contributed by atoms with E-state index in [1.54, 1.807) is 11.1 Å². The van der Waals surface area contributed by atoms with E-state index in [0.29, 0.717) is 21.7 Å². The van der Waals surface area contributed by atoms with E-state index >= 15 is 0 Å². The Morgan fingerprint density at radius 1 is 0.800 bits per heavy atom. The Labute approximate surface area is 188 Å². The maximum atomic E-state index is 4.67. The first kappa shape index (κ1) is 22.7. The van der Waals surface area contributed by atoms with Crippen LogP contribution in [0.5, 0.6) is 0 Å². The summed E-state index contributed by atoms with van der Waals surface area (Å²) in [5.41, 5.74) is 5.30. The van der Waals surface area contributed by atoms with E-state index in [2.05, 4.69) is 61.1 Å². The molecule has 0 N–H and O–H groups in total. The number of allylic oxidation sites excluding steroid dienone is 3. The Balaban J connectivity index is 1.57. The van der Waals surface area contributed by atoms with E-state index < -0.39 is 0 Å². The van der Waals surface area contributed by atoms with Crippen LogP contribution in [0.25, 0.3) is 0 Å². The van der Waals surface area contributed by atoms with Crippen LogP contribution in [0.2, 0.25) is 0 Å². The normalized spacial score (nSPS) is 45.3. The van der Waals surface area contributed by atoms with Gasteiger partial charge >= 0.3 is 0 Å². The van der Waals surface area contributed by atoms with E-state index in [-0.39, 0.29) is 0 Å². The molecule has 6 atom stereocenters. The van der Waals surface area contributed by atoms with E-state index in [9.17, 15) is 0 Å². The predicted octanol–water partition coefficient (Wildman–Crippen LogP) is 9.36. The second-order valence-corrected chi connectivity index (χ2v) is 13.9. The number of hydrogen-bond acceptors (Lipinski definition) is 0. The van der Waals surface area contributed by atoms with Crippen LogP contribution < -0.4 is 0 Å². The maximum Gasteiger partial charge on any atom is -0.0149 e. The molecule has 170 valence electrons. The summed E-state index contributed by atoms with van der Waals surface area (Å²) in [6, 6.07) is 0. The monoisotopic (exact) mass is 410 g/mol. The lowest BCUT2D eigenvalue weighted by molar-refractivity contribution is -0.0645. The average Bonchev–Trinajstić information content (AvgIpc) is 2.61. The molecule has 30 heavy (non-hydrogen) atoms. The van der Waals surface area contributed by atoms with Crippen LogP contribution in [0.1, 0.15) is 119 Å². The van der Waals surface area contributed by atoms with Crippen molar-refractivity contribution in [1.29, 1.82) is 0 Å². The molecule has 4 rings (SSSR count). The molecule has 0 aromatic carbocycles. The highest BCUT2D eigenvalue weighted by molar-refractivity contribution is 5.20. The topological polar surface area (TPSA) is 0 Å². The number of hydrogen-bond donors (Lipinski definition) is 0. The Bertz CT molecular complexity index is 706. The van der Waals surface area contributed by atoms with Crippen LogP contribution in [0.3, 0.4) is 0 Å². The van der Waals surface area contributed by atoms with Gasteiger partial charge in [-0.3, -0.25) is 0 Å². The molecule has 0 spiro atoms. The minimum absolute atomic E-state index is 0.482. The highest BCUT2D eigenvalue weighted by Crippen LogP contribution is 2.64. The van der Waals surface area contributed by atoms with Gasteiger partial charge in [0, 0.05) is 0 Å². The second-order valence-electron chi connectivity index (χ2n) is 13.9. The summed E-state index contributed by atoms with van der Waals surface area (Å²) in [4.78, 5) is 0. The molecule has 0 radical (unpaired) electrons. The molecule has 0 unspecified atom stereocenters. The summed E-state index contributed by atoms with van der Waals surface area (Å²) in [6.07, 6.45) is 17.9. The van der Waals surface area contributed by atoms with Crippen molar-refractivity contribution in [3.05, 3.63) is 23.8 Å². The first-order valence-corrected chi connectivity index (χ1v) is 13.3. The van der Waals surface area contributed by atoms with Crippen LogP contribution in [0.4, 0.5) is 0 Å². The third-order valence-corrected chi connectivity index (χ3v) is 11.4. The molecule has 3 saturated carbocycles. The van der Waals surface area contributed by atoms with Gasteiger partial charge in [-0.1, -0.05) is 78.2 Å². The largest absolute Gasteiger partial charge is 0.0996 e. The fourth-order valence-corrected chi connectivity index (χ4v) is 9.84. The van der Waals surface area contributed by atoms with Crippen molar-refractivity contribution >= 4 is 0 Å². The van der Waals surface area contributed by atoms with Crippen LogP contribution in [0, 0.1) is 45.3 Å². The summed E-state index contributed by atoms with van der Waals surface area (Å²) < 4.78 is 0. The molecular weight excluding hydrogens is 360 g/mol. The van der Waals surface area contributed by atoms with Gasteiger partial charge < -0.3 is 0 Å². The summed E-state index contributed by atoms with van der Waals surface area (Å²) in [6.45, 7) is 22.7. The molecule has 0 bridgehead atoms. The molecular formula is C30H50. The molecule has 4 aliphatic carbocycles. The molecule has 0 heteroatoms. The Kier molecular flexibility index (Phi) is 5.68. The van der Waals surface area contributed by atoms with Gasteiger partial charge in [0.1, 0.15) is 0 Å². The summed E-state index contributed by atoms with van der Waals surface area (Å²) in [5, 5.41) is 0. The fraction of sp³-hybridized carbons (Fsp3) is 0.867. The zero-order valence-corrected chi connectivity index (χ0v) is 21.4. The predicted molar refractivity (Wildman–Crippen MR) is 131 cm³/mol. The first-order chi connectivity index (χ1) is 13.9. The fourth-order valence-electron chi connectivity index (χ4n) is 9.84. The van der Waals surface area contributed by atoms with E-state index in [1.807, 2.05) is 0 Å². The lowest BCUT2D eigenvalue weighted by Gasteiger charge is -2.59. The lowest BCUT2D eigenvalue weighted by Crippen LogP contribution is -2.50. The van der Waals surface area contributed by atoms with Gasteiger partial charge in [-0.15, -0.1) is 0 Å². The smallest absolute Gasteiger partial charge is 0.0149 e. The molecule has 0 nitrogen and oxygen atoms in total. The Hall–Kier alpha value is -0.520. The van der Waals surface area contributed by atoms with Gasteiger partial charge in [-0.05, 0) is 110 Å². The standard InChI is InChI=1S/C30H50/c1-21-11-15-25-27(3,4)17-9-19-29(25,7)23(21)13-14-24-22(2)12-16-26-28(5,6)18-10-20-30(24,26)8/h12,23-26H,1,9-11,13-20H2,2-8H3/t23-,24-,25-,26-,29+,30+/m0/s1. The minimum atomic E-state index is 0.482. The molecule has 0 aromatic heterocycles. The zero-order chi connectivity index (χ0) is 21.9. The Morgan fingerprint density at radius 2 is 1.33 bits per heavy atom. The molecule has 0 aromatic rings. The van der Waals surface area contributed by atoms with Crippen LogP contribution in [0.15, 0.2) is 23.8 Å². The maximum absolute atomic E-state index is 4.67. The van der Waals surface area contributed by atoms with Crippen molar-refractivity contribution in [1.82, 2.24) is 0 Å². The first-order valence-electron chi connectivity index (χ1n) is 13.3. The molecule has 4 aliphatic rings. The lowest BCUT2D eigenvalue weighted by atomic mass is 9.45. The molecule has 0 saturated heterocycles. The third kappa shape index (κ3) is 3.47. The van der Waals surface area contributed by atoms with Gasteiger partial charge in [-0.2, -0.15) is 0 Å². The van der Waals surface area contributed by atoms with Crippen LogP contribution >= 0.6 is 0 Å².